The number of hydrogen-bond acceptors (Lipinski definition) is 6. The molecule has 3 rings (SSSR count). The van der Waals surface area contributed by atoms with Gasteiger partial charge in [0.1, 0.15) is 18.0 Å². The van der Waals surface area contributed by atoms with Crippen LogP contribution in [0.25, 0.3) is 0 Å². The lowest BCUT2D eigenvalue weighted by molar-refractivity contribution is 0.174. The zero-order valence-corrected chi connectivity index (χ0v) is 12.2. The van der Waals surface area contributed by atoms with E-state index in [1.165, 1.54) is 0 Å². The Morgan fingerprint density at radius 1 is 1.10 bits per heavy atom. The van der Waals surface area contributed by atoms with Crippen LogP contribution in [-0.4, -0.2) is 29.9 Å². The summed E-state index contributed by atoms with van der Waals surface area (Å²) in [4.78, 5) is 10.7. The molecule has 0 unspecified atom stereocenters. The summed E-state index contributed by atoms with van der Waals surface area (Å²) in [5.41, 5.74) is 0.906. The molecule has 1 aliphatic rings. The summed E-state index contributed by atoms with van der Waals surface area (Å²) >= 11 is 0. The zero-order chi connectivity index (χ0) is 14.7. The molecule has 0 radical (unpaired) electrons. The quantitative estimate of drug-likeness (QED) is 0.912. The number of ether oxygens (including phenoxy) is 2. The highest BCUT2D eigenvalue weighted by molar-refractivity contribution is 5.63. The smallest absolute Gasteiger partial charge is 0.231 e. The van der Waals surface area contributed by atoms with Gasteiger partial charge in [0.2, 0.25) is 6.79 Å². The van der Waals surface area contributed by atoms with E-state index in [4.69, 9.17) is 9.47 Å². The Labute approximate surface area is 123 Å². The van der Waals surface area contributed by atoms with Crippen molar-refractivity contribution in [2.75, 3.05) is 30.1 Å². The lowest BCUT2D eigenvalue weighted by Crippen LogP contribution is -2.23. The molecule has 0 fully saturated rings. The van der Waals surface area contributed by atoms with Gasteiger partial charge in [0.25, 0.3) is 0 Å². The molecule has 6 heteroatoms. The molecule has 0 saturated carbocycles. The van der Waals surface area contributed by atoms with Crippen LogP contribution in [0.4, 0.5) is 17.3 Å². The van der Waals surface area contributed by atoms with E-state index in [0.717, 1.165) is 41.9 Å². The molecule has 0 amide bonds. The second-order valence-corrected chi connectivity index (χ2v) is 4.63. The van der Waals surface area contributed by atoms with Crippen molar-refractivity contribution in [1.29, 1.82) is 0 Å². The van der Waals surface area contributed by atoms with Crippen LogP contribution in [0.3, 0.4) is 0 Å². The molecule has 0 spiro atoms. The fourth-order valence-electron chi connectivity index (χ4n) is 2.26. The summed E-state index contributed by atoms with van der Waals surface area (Å²) in [6, 6.07) is 7.67. The highest BCUT2D eigenvalue weighted by Gasteiger charge is 2.13. The topological polar surface area (TPSA) is 59.5 Å². The molecule has 0 atom stereocenters. The third-order valence-electron chi connectivity index (χ3n) is 3.39. The zero-order valence-electron chi connectivity index (χ0n) is 12.2. The van der Waals surface area contributed by atoms with Gasteiger partial charge in [-0.2, -0.15) is 0 Å². The van der Waals surface area contributed by atoms with Crippen molar-refractivity contribution in [3.8, 4) is 11.5 Å². The first-order chi connectivity index (χ1) is 10.3. The van der Waals surface area contributed by atoms with Gasteiger partial charge in [0, 0.05) is 30.9 Å². The maximum Gasteiger partial charge on any atom is 0.231 e. The van der Waals surface area contributed by atoms with E-state index in [2.05, 4.69) is 34.0 Å². The van der Waals surface area contributed by atoms with Crippen LogP contribution in [0, 0.1) is 0 Å². The molecular formula is C15H18N4O2. The van der Waals surface area contributed by atoms with Crippen molar-refractivity contribution >= 4 is 17.3 Å². The molecule has 2 heterocycles. The molecule has 0 aliphatic carbocycles. The summed E-state index contributed by atoms with van der Waals surface area (Å²) < 4.78 is 10.7. The Hall–Kier alpha value is -2.50. The van der Waals surface area contributed by atoms with Gasteiger partial charge in [0.05, 0.1) is 0 Å². The van der Waals surface area contributed by atoms with E-state index < -0.39 is 0 Å². The van der Waals surface area contributed by atoms with Gasteiger partial charge in [-0.1, -0.05) is 0 Å². The molecule has 2 aromatic rings. The summed E-state index contributed by atoms with van der Waals surface area (Å²) in [7, 11) is 0. The fourth-order valence-corrected chi connectivity index (χ4v) is 2.26. The van der Waals surface area contributed by atoms with Crippen LogP contribution in [0.2, 0.25) is 0 Å². The van der Waals surface area contributed by atoms with Gasteiger partial charge >= 0.3 is 0 Å². The predicted octanol–water partition coefficient (Wildman–Crippen LogP) is 2.80. The first kappa shape index (κ1) is 13.5. The van der Waals surface area contributed by atoms with Crippen molar-refractivity contribution in [3.63, 3.8) is 0 Å². The molecule has 0 bridgehead atoms. The lowest BCUT2D eigenvalue weighted by Gasteiger charge is -2.19. The third-order valence-corrected chi connectivity index (χ3v) is 3.39. The van der Waals surface area contributed by atoms with E-state index >= 15 is 0 Å². The molecule has 1 aromatic carbocycles. The highest BCUT2D eigenvalue weighted by atomic mass is 16.7. The summed E-state index contributed by atoms with van der Waals surface area (Å²) in [6.45, 7) is 6.32. The Bertz CT molecular complexity index is 629. The molecule has 1 aliphatic heterocycles. The molecule has 1 N–H and O–H groups in total. The number of fused-ring (bicyclic) bond motifs is 1. The van der Waals surface area contributed by atoms with Crippen LogP contribution in [0.1, 0.15) is 13.8 Å². The largest absolute Gasteiger partial charge is 0.454 e. The Morgan fingerprint density at radius 2 is 1.90 bits per heavy atom. The van der Waals surface area contributed by atoms with Crippen molar-refractivity contribution in [1.82, 2.24) is 9.97 Å². The number of nitrogens with zero attached hydrogens (tertiary/aromatic N) is 3. The first-order valence-corrected chi connectivity index (χ1v) is 7.03. The Balaban J connectivity index is 1.80. The van der Waals surface area contributed by atoms with Gasteiger partial charge in [-0.3, -0.25) is 0 Å². The van der Waals surface area contributed by atoms with Crippen LogP contribution >= 0.6 is 0 Å². The average Bonchev–Trinajstić information content (AvgIpc) is 2.96. The number of nitrogens with one attached hydrogen (secondary N) is 1. The van der Waals surface area contributed by atoms with Gasteiger partial charge in [-0.25, -0.2) is 9.97 Å². The van der Waals surface area contributed by atoms with Gasteiger partial charge in [-0.05, 0) is 26.0 Å². The SMILES string of the molecule is CCN(CC)c1cc(Nc2ccc3c(c2)OCO3)ncn1. The predicted molar refractivity (Wildman–Crippen MR) is 81.4 cm³/mol. The third kappa shape index (κ3) is 2.84. The number of aromatic nitrogens is 2. The van der Waals surface area contributed by atoms with Crippen LogP contribution < -0.4 is 19.7 Å². The highest BCUT2D eigenvalue weighted by Crippen LogP contribution is 2.35. The standard InChI is InChI=1S/C15H18N4O2/c1-3-19(4-2)15-8-14(16-9-17-15)18-11-5-6-12-13(7-11)21-10-20-12/h5-9H,3-4,10H2,1-2H3,(H,16,17,18). The van der Waals surface area contributed by atoms with Gasteiger partial charge in [-0.15, -0.1) is 0 Å². The monoisotopic (exact) mass is 286 g/mol. The van der Waals surface area contributed by atoms with E-state index in [9.17, 15) is 0 Å². The van der Waals surface area contributed by atoms with Crippen LogP contribution in [0.5, 0.6) is 11.5 Å². The van der Waals surface area contributed by atoms with Crippen molar-refractivity contribution < 1.29 is 9.47 Å². The molecule has 1 aromatic heterocycles. The number of hydrogen-bond donors (Lipinski definition) is 1. The van der Waals surface area contributed by atoms with E-state index in [-0.39, 0.29) is 6.79 Å². The minimum absolute atomic E-state index is 0.276. The average molecular weight is 286 g/mol. The summed E-state index contributed by atoms with van der Waals surface area (Å²) in [5, 5.41) is 3.26. The minimum atomic E-state index is 0.276. The first-order valence-electron chi connectivity index (χ1n) is 7.03. The molecule has 0 saturated heterocycles. The molecule has 21 heavy (non-hydrogen) atoms. The van der Waals surface area contributed by atoms with Crippen molar-refractivity contribution in [3.05, 3.63) is 30.6 Å². The second-order valence-electron chi connectivity index (χ2n) is 4.63. The number of anilines is 3. The lowest BCUT2D eigenvalue weighted by atomic mass is 10.3. The van der Waals surface area contributed by atoms with E-state index in [0.29, 0.717) is 0 Å². The van der Waals surface area contributed by atoms with Crippen LogP contribution in [0.15, 0.2) is 30.6 Å². The van der Waals surface area contributed by atoms with Crippen molar-refractivity contribution in [2.45, 2.75) is 13.8 Å². The van der Waals surface area contributed by atoms with Gasteiger partial charge in [0.15, 0.2) is 11.5 Å². The number of benzene rings is 1. The summed E-state index contributed by atoms with van der Waals surface area (Å²) in [6.07, 6.45) is 1.57. The van der Waals surface area contributed by atoms with Crippen LogP contribution in [-0.2, 0) is 0 Å². The van der Waals surface area contributed by atoms with E-state index in [1.54, 1.807) is 6.33 Å². The minimum Gasteiger partial charge on any atom is -0.454 e. The maximum atomic E-state index is 5.37. The second kappa shape index (κ2) is 5.87. The van der Waals surface area contributed by atoms with Crippen molar-refractivity contribution in [2.24, 2.45) is 0 Å². The summed E-state index contributed by atoms with van der Waals surface area (Å²) in [5.74, 6) is 3.19. The molecule has 6 nitrogen and oxygen atoms in total. The number of rotatable bonds is 5. The Kier molecular flexibility index (Phi) is 3.77. The van der Waals surface area contributed by atoms with E-state index in [1.807, 2.05) is 24.3 Å². The normalized spacial score (nSPS) is 12.3. The fraction of sp³-hybridized carbons (Fsp3) is 0.333. The molecule has 110 valence electrons. The van der Waals surface area contributed by atoms with Gasteiger partial charge < -0.3 is 19.7 Å². The maximum absolute atomic E-state index is 5.37. The molecular weight excluding hydrogens is 268 g/mol. The Morgan fingerprint density at radius 3 is 2.71 bits per heavy atom.